The van der Waals surface area contributed by atoms with Crippen LogP contribution in [-0.4, -0.2) is 27.7 Å². The number of anilines is 1. The van der Waals surface area contributed by atoms with Gasteiger partial charge in [0.1, 0.15) is 11.0 Å². The van der Waals surface area contributed by atoms with Crippen LogP contribution in [0.2, 0.25) is 0 Å². The number of nitrogens with one attached hydrogen (secondary N) is 2. The number of H-pyrrole nitrogens is 1. The molecule has 0 aliphatic carbocycles. The topological polar surface area (TPSA) is 79.9 Å². The third-order valence-corrected chi connectivity index (χ3v) is 3.22. The highest BCUT2D eigenvalue weighted by Crippen LogP contribution is 2.26. The molecule has 0 saturated carbocycles. The molecule has 2 aromatic heterocycles. The molecule has 0 bridgehead atoms. The van der Waals surface area contributed by atoms with Crippen LogP contribution in [0.25, 0.3) is 21.9 Å². The molecule has 0 aliphatic heterocycles. The van der Waals surface area contributed by atoms with E-state index in [4.69, 9.17) is 4.74 Å². The lowest BCUT2D eigenvalue weighted by Crippen LogP contribution is -2.15. The van der Waals surface area contributed by atoms with Crippen LogP contribution in [0.5, 0.6) is 0 Å². The Balaban J connectivity index is 1.93. The number of ether oxygens (including phenoxy) is 1. The van der Waals surface area contributed by atoms with Gasteiger partial charge in [0.05, 0.1) is 18.5 Å². The molecule has 1 amide bonds. The van der Waals surface area contributed by atoms with Gasteiger partial charge < -0.3 is 9.72 Å². The van der Waals surface area contributed by atoms with E-state index in [1.807, 2.05) is 31.2 Å². The number of para-hydroxylation sites is 1. The summed E-state index contributed by atoms with van der Waals surface area (Å²) in [5.74, 6) is 0.433. The molecular formula is C15H16N4O2. The number of hydrogen-bond acceptors (Lipinski definition) is 4. The Labute approximate surface area is 121 Å². The Hall–Kier alpha value is -2.63. The van der Waals surface area contributed by atoms with E-state index in [2.05, 4.69) is 20.3 Å². The van der Waals surface area contributed by atoms with E-state index in [9.17, 15) is 4.79 Å². The predicted octanol–water partition coefficient (Wildman–Crippen LogP) is 3.46. The molecule has 0 saturated heterocycles. The highest BCUT2D eigenvalue weighted by molar-refractivity contribution is 6.08. The zero-order valence-electron chi connectivity index (χ0n) is 11.7. The molecule has 108 valence electrons. The van der Waals surface area contributed by atoms with Crippen molar-refractivity contribution >= 4 is 33.8 Å². The van der Waals surface area contributed by atoms with Gasteiger partial charge >= 0.3 is 6.09 Å². The quantitative estimate of drug-likeness (QED) is 0.719. The minimum Gasteiger partial charge on any atom is -0.449 e. The van der Waals surface area contributed by atoms with Gasteiger partial charge in [-0.25, -0.2) is 14.8 Å². The van der Waals surface area contributed by atoms with Crippen LogP contribution >= 0.6 is 0 Å². The Bertz CT molecular complexity index is 782. The van der Waals surface area contributed by atoms with Gasteiger partial charge in [-0.05, 0) is 12.5 Å². The standard InChI is InChI=1S/C15H16N4O2/c1-2-3-8-21-15(20)19-14-13-12(16-9-17-13)10-6-4-5-7-11(10)18-14/h4-7,9H,2-3,8H2,1H3,(H,16,17)(H,18,19,20). The summed E-state index contributed by atoms with van der Waals surface area (Å²) in [4.78, 5) is 23.6. The van der Waals surface area contributed by atoms with Crippen molar-refractivity contribution in [2.45, 2.75) is 19.8 Å². The summed E-state index contributed by atoms with van der Waals surface area (Å²) in [6, 6.07) is 7.67. The van der Waals surface area contributed by atoms with Gasteiger partial charge in [-0.3, -0.25) is 5.32 Å². The molecule has 2 N–H and O–H groups in total. The minimum atomic E-state index is -0.498. The van der Waals surface area contributed by atoms with Crippen molar-refractivity contribution in [1.29, 1.82) is 0 Å². The fourth-order valence-corrected chi connectivity index (χ4v) is 2.16. The first-order valence-corrected chi connectivity index (χ1v) is 6.95. The smallest absolute Gasteiger partial charge is 0.412 e. The van der Waals surface area contributed by atoms with Gasteiger partial charge in [0.15, 0.2) is 5.82 Å². The van der Waals surface area contributed by atoms with E-state index < -0.39 is 6.09 Å². The number of aromatic amines is 1. The van der Waals surface area contributed by atoms with Crippen LogP contribution in [0.3, 0.4) is 0 Å². The van der Waals surface area contributed by atoms with E-state index >= 15 is 0 Å². The van der Waals surface area contributed by atoms with Crippen LogP contribution in [0.15, 0.2) is 30.6 Å². The first-order valence-electron chi connectivity index (χ1n) is 6.95. The lowest BCUT2D eigenvalue weighted by Gasteiger charge is -2.08. The SMILES string of the molecule is CCCCOC(=O)Nc1nc2ccccc2c2nc[nH]c12. The van der Waals surface area contributed by atoms with Gasteiger partial charge in [0, 0.05) is 5.39 Å². The highest BCUT2D eigenvalue weighted by atomic mass is 16.5. The van der Waals surface area contributed by atoms with Crippen molar-refractivity contribution in [2.75, 3.05) is 11.9 Å². The second-order valence-corrected chi connectivity index (χ2v) is 4.72. The second-order valence-electron chi connectivity index (χ2n) is 4.72. The van der Waals surface area contributed by atoms with Crippen molar-refractivity contribution in [3.63, 3.8) is 0 Å². The number of nitrogens with zero attached hydrogens (tertiary/aromatic N) is 2. The molecule has 6 nitrogen and oxygen atoms in total. The number of fused-ring (bicyclic) bond motifs is 3. The lowest BCUT2D eigenvalue weighted by atomic mass is 10.2. The third-order valence-electron chi connectivity index (χ3n) is 3.22. The molecule has 21 heavy (non-hydrogen) atoms. The molecule has 1 aromatic carbocycles. The molecule has 3 aromatic rings. The normalized spacial score (nSPS) is 10.9. The summed E-state index contributed by atoms with van der Waals surface area (Å²) in [6.45, 7) is 2.45. The average molecular weight is 284 g/mol. The van der Waals surface area contributed by atoms with Gasteiger partial charge in [-0.1, -0.05) is 31.5 Å². The molecular weight excluding hydrogens is 268 g/mol. The van der Waals surface area contributed by atoms with Gasteiger partial charge in [-0.2, -0.15) is 0 Å². The highest BCUT2D eigenvalue weighted by Gasteiger charge is 2.13. The molecule has 0 fully saturated rings. The second kappa shape index (κ2) is 5.78. The van der Waals surface area contributed by atoms with Gasteiger partial charge in [0.2, 0.25) is 0 Å². The van der Waals surface area contributed by atoms with Crippen molar-refractivity contribution < 1.29 is 9.53 Å². The molecule has 3 rings (SSSR count). The van der Waals surface area contributed by atoms with E-state index in [1.54, 1.807) is 6.33 Å². The van der Waals surface area contributed by atoms with Crippen molar-refractivity contribution in [1.82, 2.24) is 15.0 Å². The third kappa shape index (κ3) is 2.65. The maximum Gasteiger partial charge on any atom is 0.412 e. The van der Waals surface area contributed by atoms with Crippen molar-refractivity contribution in [3.05, 3.63) is 30.6 Å². The summed E-state index contributed by atoms with van der Waals surface area (Å²) in [5, 5.41) is 3.62. The minimum absolute atomic E-state index is 0.405. The van der Waals surface area contributed by atoms with Crippen LogP contribution in [0.4, 0.5) is 10.6 Å². The van der Waals surface area contributed by atoms with Gasteiger partial charge in [-0.15, -0.1) is 0 Å². The monoisotopic (exact) mass is 284 g/mol. The van der Waals surface area contributed by atoms with Crippen LogP contribution in [0.1, 0.15) is 19.8 Å². The number of aromatic nitrogens is 3. The van der Waals surface area contributed by atoms with E-state index in [0.717, 1.165) is 29.3 Å². The number of pyridine rings is 1. The molecule has 6 heteroatoms. The molecule has 2 heterocycles. The zero-order valence-corrected chi connectivity index (χ0v) is 11.7. The number of carbonyl (C=O) groups excluding carboxylic acids is 1. The molecule has 0 spiro atoms. The first kappa shape index (κ1) is 13.4. The first-order chi connectivity index (χ1) is 10.3. The molecule has 0 atom stereocenters. The number of carbonyl (C=O) groups is 1. The van der Waals surface area contributed by atoms with Crippen LogP contribution in [-0.2, 0) is 4.74 Å². The number of benzene rings is 1. The average Bonchev–Trinajstić information content (AvgIpc) is 2.98. The fourth-order valence-electron chi connectivity index (χ4n) is 2.16. The zero-order chi connectivity index (χ0) is 14.7. The summed E-state index contributed by atoms with van der Waals surface area (Å²) < 4.78 is 5.10. The van der Waals surface area contributed by atoms with Crippen molar-refractivity contribution in [3.8, 4) is 0 Å². The Morgan fingerprint density at radius 1 is 1.38 bits per heavy atom. The summed E-state index contributed by atoms with van der Waals surface area (Å²) in [7, 11) is 0. The van der Waals surface area contributed by atoms with Crippen LogP contribution in [0, 0.1) is 0 Å². The van der Waals surface area contributed by atoms with Crippen LogP contribution < -0.4 is 5.32 Å². The fraction of sp³-hybridized carbons (Fsp3) is 0.267. The predicted molar refractivity (Wildman–Crippen MR) is 81.3 cm³/mol. The summed E-state index contributed by atoms with van der Waals surface area (Å²) in [5.41, 5.74) is 2.26. The molecule has 0 aliphatic rings. The molecule has 0 unspecified atom stereocenters. The number of hydrogen-bond donors (Lipinski definition) is 2. The van der Waals surface area contributed by atoms with E-state index in [-0.39, 0.29) is 0 Å². The number of amides is 1. The maximum absolute atomic E-state index is 11.8. The number of unbranched alkanes of at least 4 members (excludes halogenated alkanes) is 1. The molecule has 0 radical (unpaired) electrons. The lowest BCUT2D eigenvalue weighted by molar-refractivity contribution is 0.160. The Morgan fingerprint density at radius 3 is 3.10 bits per heavy atom. The Morgan fingerprint density at radius 2 is 2.24 bits per heavy atom. The number of rotatable bonds is 4. The summed E-state index contributed by atoms with van der Waals surface area (Å²) in [6.07, 6.45) is 2.92. The van der Waals surface area contributed by atoms with E-state index in [0.29, 0.717) is 17.9 Å². The Kier molecular flexibility index (Phi) is 3.68. The van der Waals surface area contributed by atoms with Crippen molar-refractivity contribution in [2.24, 2.45) is 0 Å². The largest absolute Gasteiger partial charge is 0.449 e. The summed E-state index contributed by atoms with van der Waals surface area (Å²) >= 11 is 0. The number of imidazole rings is 1. The van der Waals surface area contributed by atoms with E-state index in [1.165, 1.54) is 0 Å². The van der Waals surface area contributed by atoms with Gasteiger partial charge in [0.25, 0.3) is 0 Å². The maximum atomic E-state index is 11.8.